The quantitative estimate of drug-likeness (QED) is 0.294. The van der Waals surface area contributed by atoms with E-state index in [1.54, 1.807) is 6.07 Å². The van der Waals surface area contributed by atoms with Crippen molar-refractivity contribution in [2.45, 2.75) is 85.6 Å². The molecule has 1 atom stereocenters. The molecule has 6 heteroatoms. The number of anilines is 1. The third-order valence-corrected chi connectivity index (χ3v) is 9.53. The molecule has 1 aromatic heterocycles. The molecule has 228 valence electrons. The van der Waals surface area contributed by atoms with Crippen LogP contribution in [-0.2, 0) is 6.54 Å². The van der Waals surface area contributed by atoms with Crippen LogP contribution in [0.3, 0.4) is 0 Å². The average molecular weight is 574 g/mol. The second-order valence-corrected chi connectivity index (χ2v) is 13.2. The number of carboxylic acids is 1. The van der Waals surface area contributed by atoms with E-state index in [9.17, 15) is 9.90 Å². The zero-order chi connectivity index (χ0) is 28.5. The Balaban J connectivity index is 0.00000353. The van der Waals surface area contributed by atoms with E-state index in [-0.39, 0.29) is 7.43 Å². The number of likely N-dealkylation sites (tertiary alicyclic amines) is 1. The summed E-state index contributed by atoms with van der Waals surface area (Å²) < 4.78 is 8.70. The van der Waals surface area contributed by atoms with Crippen LogP contribution in [0.2, 0.25) is 0 Å². The van der Waals surface area contributed by atoms with Gasteiger partial charge >= 0.3 is 5.97 Å². The third-order valence-electron chi connectivity index (χ3n) is 9.53. The first-order valence-corrected chi connectivity index (χ1v) is 16.0. The lowest BCUT2D eigenvalue weighted by molar-refractivity contribution is 0.0697. The molecular formula is C36H51N3O3. The van der Waals surface area contributed by atoms with Crippen LogP contribution in [0.5, 0.6) is 5.75 Å². The fraction of sp³-hybridized carbons (Fsp3) is 0.583. The predicted molar refractivity (Wildman–Crippen MR) is 174 cm³/mol. The smallest absolute Gasteiger partial charge is 0.335 e. The summed E-state index contributed by atoms with van der Waals surface area (Å²) in [5.74, 6) is 1.81. The number of carbonyl (C=O) groups is 1. The molecule has 1 N–H and O–H groups in total. The molecule has 1 aliphatic carbocycles. The maximum Gasteiger partial charge on any atom is 0.335 e. The Labute approximate surface area is 252 Å². The number of aromatic carboxylic acids is 1. The van der Waals surface area contributed by atoms with Crippen molar-refractivity contribution in [3.05, 3.63) is 47.5 Å². The first kappa shape index (κ1) is 30.5. The van der Waals surface area contributed by atoms with Gasteiger partial charge in [-0.05, 0) is 79.8 Å². The van der Waals surface area contributed by atoms with E-state index in [1.807, 2.05) is 6.07 Å². The lowest BCUT2D eigenvalue weighted by Gasteiger charge is -2.34. The number of piperidine rings is 1. The topological polar surface area (TPSA) is 57.9 Å². The van der Waals surface area contributed by atoms with Gasteiger partial charge in [-0.15, -0.1) is 0 Å². The van der Waals surface area contributed by atoms with E-state index in [0.717, 1.165) is 43.4 Å². The molecule has 3 heterocycles. The van der Waals surface area contributed by atoms with E-state index in [0.29, 0.717) is 24.0 Å². The van der Waals surface area contributed by atoms with Crippen LogP contribution in [0.25, 0.3) is 22.2 Å². The first-order valence-electron chi connectivity index (χ1n) is 16.0. The zero-order valence-electron chi connectivity index (χ0n) is 25.2. The van der Waals surface area contributed by atoms with Crippen molar-refractivity contribution in [3.63, 3.8) is 0 Å². The molecular weight excluding hydrogens is 522 g/mol. The molecule has 2 aromatic carbocycles. The Morgan fingerprint density at radius 3 is 2.52 bits per heavy atom. The van der Waals surface area contributed by atoms with E-state index >= 15 is 0 Å². The van der Waals surface area contributed by atoms with Gasteiger partial charge < -0.3 is 24.2 Å². The molecule has 2 aliphatic heterocycles. The van der Waals surface area contributed by atoms with Crippen LogP contribution in [0, 0.1) is 11.8 Å². The fourth-order valence-corrected chi connectivity index (χ4v) is 7.49. The van der Waals surface area contributed by atoms with Crippen molar-refractivity contribution in [1.29, 1.82) is 0 Å². The Kier molecular flexibility index (Phi) is 9.51. The summed E-state index contributed by atoms with van der Waals surface area (Å²) >= 11 is 0. The van der Waals surface area contributed by atoms with Crippen LogP contribution in [0.15, 0.2) is 36.4 Å². The predicted octanol–water partition coefficient (Wildman–Crippen LogP) is 8.28. The second kappa shape index (κ2) is 13.1. The van der Waals surface area contributed by atoms with Crippen molar-refractivity contribution < 1.29 is 14.6 Å². The molecule has 3 aromatic rings. The largest absolute Gasteiger partial charge is 0.493 e. The number of nitrogens with zero attached hydrogens (tertiary/aromatic N) is 3. The van der Waals surface area contributed by atoms with Crippen molar-refractivity contribution >= 4 is 22.6 Å². The summed E-state index contributed by atoms with van der Waals surface area (Å²) in [6.07, 6.45) is 8.87. The maximum atomic E-state index is 12.0. The van der Waals surface area contributed by atoms with Crippen LogP contribution in [0.1, 0.15) is 95.0 Å². The second-order valence-electron chi connectivity index (χ2n) is 13.2. The summed E-state index contributed by atoms with van der Waals surface area (Å²) in [6.45, 7) is 13.6. The minimum atomic E-state index is -0.861. The van der Waals surface area contributed by atoms with Gasteiger partial charge in [-0.25, -0.2) is 4.79 Å². The highest BCUT2D eigenvalue weighted by Gasteiger charge is 2.31. The highest BCUT2D eigenvalue weighted by molar-refractivity contribution is 5.99. The molecule has 3 aliphatic rings. The van der Waals surface area contributed by atoms with E-state index in [4.69, 9.17) is 4.74 Å². The molecule has 42 heavy (non-hydrogen) atoms. The minimum absolute atomic E-state index is 0. The Morgan fingerprint density at radius 2 is 1.79 bits per heavy atom. The van der Waals surface area contributed by atoms with Gasteiger partial charge in [0.2, 0.25) is 0 Å². The van der Waals surface area contributed by atoms with Gasteiger partial charge in [-0.1, -0.05) is 53.5 Å². The Bertz CT molecular complexity index is 1390. The number of hydrogen-bond acceptors (Lipinski definition) is 4. The van der Waals surface area contributed by atoms with E-state index in [1.165, 1.54) is 85.9 Å². The van der Waals surface area contributed by atoms with Gasteiger partial charge in [0.1, 0.15) is 5.75 Å². The standard InChI is InChI=1S/C35H47N3O3.CH4/c1-24(2)23-41-28-12-14-30-31(21-28)37(17-16-36-15-7-8-25(3)22-36)18-19-38-32-20-27(35(39)40)11-13-29(32)33(34(30)38)26-9-5-4-6-10-26;/h11-14,20-21,24-26H,4-10,15-19,22-23H2,1-3H3,(H,39,40);1H4. The SMILES string of the molecule is C.CC(C)COc1ccc2c(c1)N(CCN1CCCC(C)C1)CCn1c-2c(C2CCCCC2)c2ccc(C(=O)O)cc21. The number of rotatable bonds is 8. The molecule has 0 amide bonds. The molecule has 2 fully saturated rings. The first-order chi connectivity index (χ1) is 19.9. The minimum Gasteiger partial charge on any atom is -0.493 e. The Hall–Kier alpha value is -2.99. The van der Waals surface area contributed by atoms with Gasteiger partial charge in [0, 0.05) is 60.9 Å². The number of carboxylic acid groups (broad SMARTS) is 1. The lowest BCUT2D eigenvalue weighted by Crippen LogP contribution is -2.41. The molecule has 0 bridgehead atoms. The molecule has 6 nitrogen and oxygen atoms in total. The molecule has 0 spiro atoms. The van der Waals surface area contributed by atoms with Gasteiger partial charge in [0.15, 0.2) is 0 Å². The highest BCUT2D eigenvalue weighted by Crippen LogP contribution is 2.48. The number of hydrogen-bond donors (Lipinski definition) is 1. The highest BCUT2D eigenvalue weighted by atomic mass is 16.5. The summed E-state index contributed by atoms with van der Waals surface area (Å²) in [6, 6.07) is 12.5. The maximum absolute atomic E-state index is 12.0. The van der Waals surface area contributed by atoms with Gasteiger partial charge in [0.05, 0.1) is 17.9 Å². The van der Waals surface area contributed by atoms with Crippen molar-refractivity contribution in [2.75, 3.05) is 44.2 Å². The van der Waals surface area contributed by atoms with E-state index < -0.39 is 5.97 Å². The lowest BCUT2D eigenvalue weighted by atomic mass is 9.81. The van der Waals surface area contributed by atoms with Crippen molar-refractivity contribution in [2.24, 2.45) is 11.8 Å². The third kappa shape index (κ3) is 6.20. The molecule has 1 saturated heterocycles. The monoisotopic (exact) mass is 573 g/mol. The van der Waals surface area contributed by atoms with Gasteiger partial charge in [0.25, 0.3) is 0 Å². The summed E-state index contributed by atoms with van der Waals surface area (Å²) in [4.78, 5) is 17.2. The Morgan fingerprint density at radius 1 is 0.976 bits per heavy atom. The molecule has 1 unspecified atom stereocenters. The summed E-state index contributed by atoms with van der Waals surface area (Å²) in [5, 5.41) is 11.1. The van der Waals surface area contributed by atoms with Gasteiger partial charge in [-0.2, -0.15) is 0 Å². The van der Waals surface area contributed by atoms with Crippen LogP contribution < -0.4 is 9.64 Å². The van der Waals surface area contributed by atoms with Gasteiger partial charge in [-0.3, -0.25) is 0 Å². The number of ether oxygens (including phenoxy) is 1. The summed E-state index contributed by atoms with van der Waals surface area (Å²) in [7, 11) is 0. The number of benzene rings is 2. The normalized spacial score (nSPS) is 19.7. The molecule has 0 radical (unpaired) electrons. The number of fused-ring (bicyclic) bond motifs is 5. The van der Waals surface area contributed by atoms with Crippen molar-refractivity contribution in [3.8, 4) is 17.0 Å². The zero-order valence-corrected chi connectivity index (χ0v) is 25.2. The van der Waals surface area contributed by atoms with Crippen molar-refractivity contribution in [1.82, 2.24) is 9.47 Å². The molecule has 6 rings (SSSR count). The van der Waals surface area contributed by atoms with Crippen LogP contribution in [0.4, 0.5) is 5.69 Å². The average Bonchev–Trinajstić information content (AvgIpc) is 3.20. The summed E-state index contributed by atoms with van der Waals surface area (Å²) in [5.41, 5.74) is 6.69. The van der Waals surface area contributed by atoms with E-state index in [2.05, 4.69) is 59.4 Å². The molecule has 1 saturated carbocycles. The van der Waals surface area contributed by atoms with Crippen LogP contribution in [-0.4, -0.2) is 59.9 Å². The number of aromatic nitrogens is 1. The fourth-order valence-electron chi connectivity index (χ4n) is 7.49. The van der Waals surface area contributed by atoms with Crippen LogP contribution >= 0.6 is 0 Å².